The van der Waals surface area contributed by atoms with Crippen LogP contribution in [0.2, 0.25) is 5.02 Å². The van der Waals surface area contributed by atoms with Crippen LogP contribution in [-0.4, -0.2) is 42.1 Å². The van der Waals surface area contributed by atoms with Gasteiger partial charge in [-0.25, -0.2) is 4.79 Å². The number of halogens is 4. The van der Waals surface area contributed by atoms with Crippen LogP contribution >= 0.6 is 11.6 Å². The zero-order chi connectivity index (χ0) is 26.7. The molecule has 1 heterocycles. The first kappa shape index (κ1) is 26.5. The van der Waals surface area contributed by atoms with Gasteiger partial charge >= 0.3 is 12.2 Å². The normalized spacial score (nSPS) is 17.8. The molecule has 4 rings (SSSR count). The first-order chi connectivity index (χ1) is 17.5. The number of hydrogen-bond acceptors (Lipinski definition) is 3. The number of amides is 3. The van der Waals surface area contributed by atoms with Crippen molar-refractivity contribution in [2.24, 2.45) is 0 Å². The summed E-state index contributed by atoms with van der Waals surface area (Å²) in [5, 5.41) is 4.90. The zero-order valence-corrected chi connectivity index (χ0v) is 20.9. The van der Waals surface area contributed by atoms with E-state index in [9.17, 15) is 22.8 Å². The summed E-state index contributed by atoms with van der Waals surface area (Å²) in [4.78, 5) is 27.0. The SMILES string of the molecule is CC1CN(C(=O)c2ccc(-c3ccc(NC(=O)Nc4cc(C(F)(F)F)ccc4Cl)cc3)cc2)CC(C)O1. The number of morpholine rings is 1. The number of alkyl halides is 3. The van der Waals surface area contributed by atoms with E-state index >= 15 is 0 Å². The van der Waals surface area contributed by atoms with Crippen molar-refractivity contribution in [3.8, 4) is 11.1 Å². The third-order valence-corrected chi connectivity index (χ3v) is 6.19. The molecule has 0 spiro atoms. The summed E-state index contributed by atoms with van der Waals surface area (Å²) < 4.78 is 44.5. The van der Waals surface area contributed by atoms with Gasteiger partial charge in [-0.3, -0.25) is 4.79 Å². The minimum atomic E-state index is -4.56. The molecule has 1 aliphatic rings. The Kier molecular flexibility index (Phi) is 7.75. The van der Waals surface area contributed by atoms with Gasteiger partial charge in [0.1, 0.15) is 0 Å². The number of carbonyl (C=O) groups excluding carboxylic acids is 2. The van der Waals surface area contributed by atoms with Crippen molar-refractivity contribution in [1.29, 1.82) is 0 Å². The highest BCUT2D eigenvalue weighted by Crippen LogP contribution is 2.34. The maximum Gasteiger partial charge on any atom is 0.416 e. The molecule has 0 radical (unpaired) electrons. The molecule has 2 atom stereocenters. The van der Waals surface area contributed by atoms with Crippen LogP contribution in [0.3, 0.4) is 0 Å². The van der Waals surface area contributed by atoms with Gasteiger partial charge in [0.2, 0.25) is 0 Å². The molecule has 0 bridgehead atoms. The van der Waals surface area contributed by atoms with Crippen LogP contribution in [-0.2, 0) is 10.9 Å². The van der Waals surface area contributed by atoms with E-state index in [1.165, 1.54) is 0 Å². The zero-order valence-electron chi connectivity index (χ0n) is 20.1. The molecule has 0 saturated carbocycles. The summed E-state index contributed by atoms with van der Waals surface area (Å²) in [7, 11) is 0. The van der Waals surface area contributed by atoms with Gasteiger partial charge in [-0.15, -0.1) is 0 Å². The number of rotatable bonds is 4. The fourth-order valence-corrected chi connectivity index (χ4v) is 4.32. The van der Waals surface area contributed by atoms with Crippen LogP contribution in [0.15, 0.2) is 66.7 Å². The van der Waals surface area contributed by atoms with E-state index in [0.29, 0.717) is 24.3 Å². The summed E-state index contributed by atoms with van der Waals surface area (Å²) in [5.74, 6) is -0.0417. The quantitative estimate of drug-likeness (QED) is 0.384. The molecule has 10 heteroatoms. The Bertz CT molecular complexity index is 1270. The Morgan fingerprint density at radius 1 is 0.892 bits per heavy atom. The molecule has 194 valence electrons. The number of nitrogens with zero attached hydrogens (tertiary/aromatic N) is 1. The Hall–Kier alpha value is -3.56. The fraction of sp³-hybridized carbons (Fsp3) is 0.259. The van der Waals surface area contributed by atoms with Crippen molar-refractivity contribution in [3.63, 3.8) is 0 Å². The van der Waals surface area contributed by atoms with E-state index in [1.54, 1.807) is 41.3 Å². The van der Waals surface area contributed by atoms with Crippen molar-refractivity contribution >= 4 is 34.9 Å². The van der Waals surface area contributed by atoms with Crippen molar-refractivity contribution < 1.29 is 27.5 Å². The maximum absolute atomic E-state index is 12.9. The highest BCUT2D eigenvalue weighted by molar-refractivity contribution is 6.33. The smallest absolute Gasteiger partial charge is 0.372 e. The van der Waals surface area contributed by atoms with E-state index in [4.69, 9.17) is 16.3 Å². The predicted molar refractivity (Wildman–Crippen MR) is 137 cm³/mol. The van der Waals surface area contributed by atoms with E-state index in [1.807, 2.05) is 26.0 Å². The molecule has 3 aromatic carbocycles. The third-order valence-electron chi connectivity index (χ3n) is 5.86. The molecule has 2 unspecified atom stereocenters. The summed E-state index contributed by atoms with van der Waals surface area (Å²) in [6.45, 7) is 4.99. The first-order valence-corrected chi connectivity index (χ1v) is 12.0. The summed E-state index contributed by atoms with van der Waals surface area (Å²) >= 11 is 5.93. The Labute approximate surface area is 217 Å². The molecule has 1 aliphatic heterocycles. The van der Waals surface area contributed by atoms with Gasteiger partial charge in [0, 0.05) is 24.3 Å². The second kappa shape index (κ2) is 10.8. The number of urea groups is 1. The molecule has 6 nitrogen and oxygen atoms in total. The third kappa shape index (κ3) is 6.61. The Balaban J connectivity index is 1.38. The average Bonchev–Trinajstić information content (AvgIpc) is 2.84. The van der Waals surface area contributed by atoms with Crippen molar-refractivity contribution in [2.45, 2.75) is 32.2 Å². The van der Waals surface area contributed by atoms with Gasteiger partial charge in [0.05, 0.1) is 28.5 Å². The van der Waals surface area contributed by atoms with Crippen LogP contribution < -0.4 is 10.6 Å². The van der Waals surface area contributed by atoms with Crippen LogP contribution in [0, 0.1) is 0 Å². The second-order valence-electron chi connectivity index (χ2n) is 8.89. The molecule has 2 N–H and O–H groups in total. The summed E-state index contributed by atoms with van der Waals surface area (Å²) in [6, 6.07) is 16.1. The minimum Gasteiger partial charge on any atom is -0.372 e. The van der Waals surface area contributed by atoms with Crippen molar-refractivity contribution in [2.75, 3.05) is 23.7 Å². The molecular weight excluding hydrogens is 507 g/mol. The highest BCUT2D eigenvalue weighted by Gasteiger charge is 2.31. The highest BCUT2D eigenvalue weighted by atomic mass is 35.5. The van der Waals surface area contributed by atoms with Crippen LogP contribution in [0.1, 0.15) is 29.8 Å². The van der Waals surface area contributed by atoms with Crippen LogP contribution in [0.5, 0.6) is 0 Å². The fourth-order valence-electron chi connectivity index (χ4n) is 4.16. The van der Waals surface area contributed by atoms with Gasteiger partial charge in [-0.1, -0.05) is 35.9 Å². The standard InChI is InChI=1S/C27H25ClF3N3O3/c1-16-14-34(15-17(2)37-16)25(35)20-5-3-18(4-6-20)19-7-10-22(11-8-19)32-26(36)33-24-13-21(27(29,30)31)9-12-23(24)28/h3-13,16-17H,14-15H2,1-2H3,(H2,32,33,36). The maximum atomic E-state index is 12.9. The first-order valence-electron chi connectivity index (χ1n) is 11.6. The lowest BCUT2D eigenvalue weighted by Crippen LogP contribution is -2.48. The number of benzene rings is 3. The molecule has 1 saturated heterocycles. The minimum absolute atomic E-state index is 0.0109. The molecular formula is C27H25ClF3N3O3. The van der Waals surface area contributed by atoms with E-state index in [0.717, 1.165) is 29.3 Å². The number of carbonyl (C=O) groups is 2. The molecule has 0 aliphatic carbocycles. The average molecular weight is 532 g/mol. The van der Waals surface area contributed by atoms with E-state index in [2.05, 4.69) is 10.6 Å². The molecule has 3 aromatic rings. The lowest BCUT2D eigenvalue weighted by atomic mass is 10.0. The molecule has 3 amide bonds. The Morgan fingerprint density at radius 3 is 2.03 bits per heavy atom. The number of nitrogens with one attached hydrogen (secondary N) is 2. The van der Waals surface area contributed by atoms with Gasteiger partial charge in [-0.2, -0.15) is 13.2 Å². The largest absolute Gasteiger partial charge is 0.416 e. The van der Waals surface area contributed by atoms with Crippen molar-refractivity contribution in [3.05, 3.63) is 82.9 Å². The predicted octanol–water partition coefficient (Wildman–Crippen LogP) is 6.92. The van der Waals surface area contributed by atoms with Gasteiger partial charge in [0.15, 0.2) is 0 Å². The van der Waals surface area contributed by atoms with Crippen LogP contribution in [0.25, 0.3) is 11.1 Å². The summed E-state index contributed by atoms with van der Waals surface area (Å²) in [6.07, 6.45) is -4.58. The lowest BCUT2D eigenvalue weighted by molar-refractivity contribution is -0.137. The Morgan fingerprint density at radius 2 is 1.46 bits per heavy atom. The topological polar surface area (TPSA) is 70.7 Å². The number of ether oxygens (including phenoxy) is 1. The second-order valence-corrected chi connectivity index (χ2v) is 9.30. The monoisotopic (exact) mass is 531 g/mol. The molecule has 1 fully saturated rings. The van der Waals surface area contributed by atoms with Crippen molar-refractivity contribution in [1.82, 2.24) is 4.90 Å². The van der Waals surface area contributed by atoms with Crippen LogP contribution in [0.4, 0.5) is 29.3 Å². The molecule has 0 aromatic heterocycles. The summed E-state index contributed by atoms with van der Waals surface area (Å²) in [5.41, 5.74) is 1.70. The lowest BCUT2D eigenvalue weighted by Gasteiger charge is -2.35. The van der Waals surface area contributed by atoms with E-state index < -0.39 is 17.8 Å². The van der Waals surface area contributed by atoms with Gasteiger partial charge in [-0.05, 0) is 67.4 Å². The number of anilines is 2. The number of hydrogen-bond donors (Lipinski definition) is 2. The van der Waals surface area contributed by atoms with Gasteiger partial charge in [0.25, 0.3) is 5.91 Å². The van der Waals surface area contributed by atoms with E-state index in [-0.39, 0.29) is 28.8 Å². The van der Waals surface area contributed by atoms with Gasteiger partial charge < -0.3 is 20.3 Å². The molecule has 37 heavy (non-hydrogen) atoms.